The van der Waals surface area contributed by atoms with E-state index in [1.807, 2.05) is 0 Å². The van der Waals surface area contributed by atoms with Crippen molar-refractivity contribution in [3.63, 3.8) is 0 Å². The predicted octanol–water partition coefficient (Wildman–Crippen LogP) is 1.08. The highest BCUT2D eigenvalue weighted by atomic mass is 16.5. The fraction of sp³-hybridized carbons (Fsp3) is 1.00. The standard InChI is InChI=1S/C11H24N2O/c1-3-13(7-10-5-4-6-10)8-11(12)9-14-2/h10-11H,3-9,12H2,1-2H3. The first-order chi connectivity index (χ1) is 6.76. The SMILES string of the molecule is CCN(CC(N)COC)CC1CCC1. The van der Waals surface area contributed by atoms with E-state index in [0.29, 0.717) is 6.61 Å². The van der Waals surface area contributed by atoms with Crippen molar-refractivity contribution in [3.05, 3.63) is 0 Å². The molecule has 1 aliphatic carbocycles. The van der Waals surface area contributed by atoms with E-state index in [2.05, 4.69) is 11.8 Å². The molecule has 1 rings (SSSR count). The van der Waals surface area contributed by atoms with E-state index >= 15 is 0 Å². The molecule has 1 atom stereocenters. The fourth-order valence-corrected chi connectivity index (χ4v) is 1.97. The summed E-state index contributed by atoms with van der Waals surface area (Å²) >= 11 is 0. The van der Waals surface area contributed by atoms with Gasteiger partial charge in [0.15, 0.2) is 0 Å². The molecule has 0 radical (unpaired) electrons. The average molecular weight is 200 g/mol. The molecule has 0 aliphatic heterocycles. The van der Waals surface area contributed by atoms with Gasteiger partial charge in [0.25, 0.3) is 0 Å². The Balaban J connectivity index is 2.15. The lowest BCUT2D eigenvalue weighted by Gasteiger charge is -2.32. The van der Waals surface area contributed by atoms with Gasteiger partial charge in [-0.2, -0.15) is 0 Å². The normalized spacial score (nSPS) is 19.7. The van der Waals surface area contributed by atoms with E-state index in [1.165, 1.54) is 25.8 Å². The van der Waals surface area contributed by atoms with Gasteiger partial charge in [-0.1, -0.05) is 13.3 Å². The first-order valence-corrected chi connectivity index (χ1v) is 5.73. The van der Waals surface area contributed by atoms with Crippen LogP contribution in [0, 0.1) is 5.92 Å². The highest BCUT2D eigenvalue weighted by Gasteiger charge is 2.20. The number of rotatable bonds is 7. The molecule has 0 saturated heterocycles. The molecule has 14 heavy (non-hydrogen) atoms. The molecule has 3 heteroatoms. The number of methoxy groups -OCH3 is 1. The zero-order valence-electron chi connectivity index (χ0n) is 9.54. The first-order valence-electron chi connectivity index (χ1n) is 5.73. The molecule has 0 aromatic rings. The minimum atomic E-state index is 0.167. The van der Waals surface area contributed by atoms with Gasteiger partial charge < -0.3 is 15.4 Å². The second kappa shape index (κ2) is 6.38. The molecule has 0 spiro atoms. The van der Waals surface area contributed by atoms with Gasteiger partial charge in [0.05, 0.1) is 6.61 Å². The Bertz CT molecular complexity index is 148. The van der Waals surface area contributed by atoms with Gasteiger partial charge in [-0.3, -0.25) is 0 Å². The number of hydrogen-bond donors (Lipinski definition) is 1. The molecule has 0 bridgehead atoms. The zero-order valence-corrected chi connectivity index (χ0v) is 9.54. The molecule has 0 aromatic heterocycles. The monoisotopic (exact) mass is 200 g/mol. The van der Waals surface area contributed by atoms with Crippen LogP contribution in [-0.4, -0.2) is 44.3 Å². The van der Waals surface area contributed by atoms with Crippen LogP contribution in [0.4, 0.5) is 0 Å². The van der Waals surface area contributed by atoms with Crippen molar-refractivity contribution in [1.82, 2.24) is 4.90 Å². The molecule has 3 nitrogen and oxygen atoms in total. The Labute approximate surface area is 87.6 Å². The third-order valence-corrected chi connectivity index (χ3v) is 3.06. The molecule has 0 amide bonds. The Kier molecular flexibility index (Phi) is 5.45. The van der Waals surface area contributed by atoms with Crippen LogP contribution in [0.3, 0.4) is 0 Å². The Hall–Kier alpha value is -0.120. The maximum atomic E-state index is 5.93. The summed E-state index contributed by atoms with van der Waals surface area (Å²) in [4.78, 5) is 2.45. The van der Waals surface area contributed by atoms with Crippen molar-refractivity contribution in [2.75, 3.05) is 33.4 Å². The highest BCUT2D eigenvalue weighted by molar-refractivity contribution is 4.75. The maximum Gasteiger partial charge on any atom is 0.0626 e. The quantitative estimate of drug-likeness (QED) is 0.668. The van der Waals surface area contributed by atoms with Gasteiger partial charge in [-0.15, -0.1) is 0 Å². The average Bonchev–Trinajstić information content (AvgIpc) is 2.09. The summed E-state index contributed by atoms with van der Waals surface area (Å²) in [6.45, 7) is 6.18. The summed E-state index contributed by atoms with van der Waals surface area (Å²) in [6, 6.07) is 0.167. The fourth-order valence-electron chi connectivity index (χ4n) is 1.97. The van der Waals surface area contributed by atoms with Crippen LogP contribution in [-0.2, 0) is 4.74 Å². The van der Waals surface area contributed by atoms with Crippen molar-refractivity contribution in [1.29, 1.82) is 0 Å². The largest absolute Gasteiger partial charge is 0.383 e. The van der Waals surface area contributed by atoms with Gasteiger partial charge in [0.2, 0.25) is 0 Å². The Morgan fingerprint density at radius 2 is 2.21 bits per heavy atom. The third kappa shape index (κ3) is 3.95. The zero-order chi connectivity index (χ0) is 10.4. The molecule has 84 valence electrons. The van der Waals surface area contributed by atoms with E-state index in [1.54, 1.807) is 7.11 Å². The molecule has 0 heterocycles. The minimum Gasteiger partial charge on any atom is -0.383 e. The summed E-state index contributed by atoms with van der Waals surface area (Å²) < 4.78 is 5.04. The maximum absolute atomic E-state index is 5.93. The molecule has 1 saturated carbocycles. The highest BCUT2D eigenvalue weighted by Crippen LogP contribution is 2.26. The van der Waals surface area contributed by atoms with Crippen LogP contribution in [0.5, 0.6) is 0 Å². The van der Waals surface area contributed by atoms with E-state index in [4.69, 9.17) is 10.5 Å². The molecule has 2 N–H and O–H groups in total. The van der Waals surface area contributed by atoms with Crippen LogP contribution < -0.4 is 5.73 Å². The van der Waals surface area contributed by atoms with E-state index in [0.717, 1.165) is 19.0 Å². The van der Waals surface area contributed by atoms with Crippen molar-refractivity contribution in [2.45, 2.75) is 32.2 Å². The van der Waals surface area contributed by atoms with Gasteiger partial charge >= 0.3 is 0 Å². The van der Waals surface area contributed by atoms with Crippen molar-refractivity contribution in [3.8, 4) is 0 Å². The topological polar surface area (TPSA) is 38.5 Å². The molecule has 1 aliphatic rings. The van der Waals surface area contributed by atoms with Gasteiger partial charge in [-0.25, -0.2) is 0 Å². The minimum absolute atomic E-state index is 0.167. The Morgan fingerprint density at radius 3 is 2.64 bits per heavy atom. The molecule has 1 unspecified atom stereocenters. The number of hydrogen-bond acceptors (Lipinski definition) is 3. The smallest absolute Gasteiger partial charge is 0.0626 e. The summed E-state index contributed by atoms with van der Waals surface area (Å²) in [5.74, 6) is 0.935. The second-order valence-electron chi connectivity index (χ2n) is 4.36. The van der Waals surface area contributed by atoms with E-state index in [9.17, 15) is 0 Å². The number of nitrogens with zero attached hydrogens (tertiary/aromatic N) is 1. The van der Waals surface area contributed by atoms with Gasteiger partial charge in [-0.05, 0) is 25.3 Å². The van der Waals surface area contributed by atoms with Gasteiger partial charge in [0.1, 0.15) is 0 Å². The lowest BCUT2D eigenvalue weighted by Crippen LogP contribution is -2.43. The van der Waals surface area contributed by atoms with Crippen molar-refractivity contribution >= 4 is 0 Å². The lowest BCUT2D eigenvalue weighted by atomic mass is 9.85. The van der Waals surface area contributed by atoms with E-state index < -0.39 is 0 Å². The summed E-state index contributed by atoms with van der Waals surface area (Å²) in [5, 5.41) is 0. The van der Waals surface area contributed by atoms with Crippen LogP contribution >= 0.6 is 0 Å². The number of nitrogens with two attached hydrogens (primary N) is 1. The van der Waals surface area contributed by atoms with E-state index in [-0.39, 0.29) is 6.04 Å². The van der Waals surface area contributed by atoms with Crippen molar-refractivity contribution in [2.24, 2.45) is 11.7 Å². The number of likely N-dealkylation sites (N-methyl/N-ethyl adjacent to an activating group) is 1. The van der Waals surface area contributed by atoms with Crippen LogP contribution in [0.15, 0.2) is 0 Å². The van der Waals surface area contributed by atoms with Gasteiger partial charge in [0, 0.05) is 26.2 Å². The van der Waals surface area contributed by atoms with Crippen LogP contribution in [0.2, 0.25) is 0 Å². The van der Waals surface area contributed by atoms with Crippen LogP contribution in [0.1, 0.15) is 26.2 Å². The van der Waals surface area contributed by atoms with Crippen molar-refractivity contribution < 1.29 is 4.74 Å². The van der Waals surface area contributed by atoms with Crippen LogP contribution in [0.25, 0.3) is 0 Å². The number of ether oxygens (including phenoxy) is 1. The predicted molar refractivity (Wildman–Crippen MR) is 59.3 cm³/mol. The first kappa shape index (κ1) is 12.0. The summed E-state index contributed by atoms with van der Waals surface area (Å²) in [5.41, 5.74) is 5.93. The summed E-state index contributed by atoms with van der Waals surface area (Å²) in [6.07, 6.45) is 4.25. The lowest BCUT2D eigenvalue weighted by molar-refractivity contribution is 0.134. The molecule has 1 fully saturated rings. The third-order valence-electron chi connectivity index (χ3n) is 3.06. The molecular weight excluding hydrogens is 176 g/mol. The molecular formula is C11H24N2O. The molecule has 0 aromatic carbocycles. The Morgan fingerprint density at radius 1 is 1.50 bits per heavy atom. The summed E-state index contributed by atoms with van der Waals surface area (Å²) in [7, 11) is 1.71. The second-order valence-corrected chi connectivity index (χ2v) is 4.36.